The van der Waals surface area contributed by atoms with Gasteiger partial charge in [0.2, 0.25) is 10.0 Å². The predicted molar refractivity (Wildman–Crippen MR) is 85.7 cm³/mol. The molecule has 1 aliphatic heterocycles. The molecule has 0 saturated carbocycles. The normalized spacial score (nSPS) is 22.1. The minimum Gasteiger partial charge on any atom is -0.399 e. The molecule has 0 radical (unpaired) electrons. The molecular formula is C15H25N3O2S. The van der Waals surface area contributed by atoms with Gasteiger partial charge in [0.1, 0.15) is 0 Å². The summed E-state index contributed by atoms with van der Waals surface area (Å²) in [5.41, 5.74) is 7.22. The van der Waals surface area contributed by atoms with Gasteiger partial charge in [-0.25, -0.2) is 8.42 Å². The van der Waals surface area contributed by atoms with Crippen molar-refractivity contribution in [3.63, 3.8) is 0 Å². The lowest BCUT2D eigenvalue weighted by Crippen LogP contribution is -2.43. The molecule has 2 rings (SSSR count). The molecule has 1 unspecified atom stereocenters. The summed E-state index contributed by atoms with van der Waals surface area (Å²) in [6.07, 6.45) is 1.68. The summed E-state index contributed by atoms with van der Waals surface area (Å²) in [6.45, 7) is 6.17. The molecule has 0 spiro atoms. The highest BCUT2D eigenvalue weighted by Crippen LogP contribution is 2.25. The summed E-state index contributed by atoms with van der Waals surface area (Å²) >= 11 is 0. The Hall–Kier alpha value is -1.11. The molecule has 1 heterocycles. The van der Waals surface area contributed by atoms with E-state index in [1.807, 2.05) is 20.9 Å². The van der Waals surface area contributed by atoms with Gasteiger partial charge in [-0.2, -0.15) is 4.31 Å². The Morgan fingerprint density at radius 2 is 2.05 bits per heavy atom. The predicted octanol–water partition coefficient (Wildman–Crippen LogP) is 1.68. The first-order chi connectivity index (χ1) is 9.86. The summed E-state index contributed by atoms with van der Waals surface area (Å²) in [7, 11) is -1.41. The number of nitrogens with two attached hydrogens (primary N) is 1. The minimum atomic E-state index is -3.46. The van der Waals surface area contributed by atoms with Crippen molar-refractivity contribution in [3.05, 3.63) is 23.8 Å². The number of hydrogen-bond donors (Lipinski definition) is 1. The molecule has 118 valence electrons. The van der Waals surface area contributed by atoms with Crippen LogP contribution in [0.25, 0.3) is 0 Å². The number of likely N-dealkylation sites (N-methyl/N-ethyl adjacent to an activating group) is 1. The van der Waals surface area contributed by atoms with E-state index in [1.54, 1.807) is 22.5 Å². The highest BCUT2D eigenvalue weighted by molar-refractivity contribution is 7.89. The second-order valence-electron chi connectivity index (χ2n) is 5.81. The van der Waals surface area contributed by atoms with Crippen LogP contribution >= 0.6 is 0 Å². The van der Waals surface area contributed by atoms with Gasteiger partial charge in [-0.3, -0.25) is 0 Å². The zero-order valence-corrected chi connectivity index (χ0v) is 13.9. The molecule has 1 aromatic carbocycles. The molecule has 6 heteroatoms. The fourth-order valence-corrected chi connectivity index (χ4v) is 4.63. The van der Waals surface area contributed by atoms with Crippen molar-refractivity contribution in [3.8, 4) is 0 Å². The molecule has 0 amide bonds. The number of anilines is 1. The van der Waals surface area contributed by atoms with E-state index < -0.39 is 10.0 Å². The van der Waals surface area contributed by atoms with Gasteiger partial charge >= 0.3 is 0 Å². The molecule has 0 bridgehead atoms. The van der Waals surface area contributed by atoms with Crippen LogP contribution < -0.4 is 5.73 Å². The van der Waals surface area contributed by atoms with Crippen LogP contribution in [0.5, 0.6) is 0 Å². The zero-order valence-electron chi connectivity index (χ0n) is 13.0. The molecule has 1 aliphatic rings. The third kappa shape index (κ3) is 3.39. The lowest BCUT2D eigenvalue weighted by Gasteiger charge is -2.29. The Morgan fingerprint density at radius 3 is 2.67 bits per heavy atom. The van der Waals surface area contributed by atoms with Crippen molar-refractivity contribution in [1.82, 2.24) is 9.21 Å². The Labute approximate surface area is 127 Å². The van der Waals surface area contributed by atoms with Crippen LogP contribution in [0.15, 0.2) is 23.1 Å². The first kappa shape index (κ1) is 16.3. The average molecular weight is 311 g/mol. The van der Waals surface area contributed by atoms with E-state index in [1.165, 1.54) is 0 Å². The Morgan fingerprint density at radius 1 is 1.33 bits per heavy atom. The molecule has 5 nitrogen and oxygen atoms in total. The fourth-order valence-electron chi connectivity index (χ4n) is 2.81. The summed E-state index contributed by atoms with van der Waals surface area (Å²) in [4.78, 5) is 2.55. The second-order valence-corrected chi connectivity index (χ2v) is 7.70. The molecule has 1 fully saturated rings. The third-order valence-electron chi connectivity index (χ3n) is 4.17. The molecule has 21 heavy (non-hydrogen) atoms. The SMILES string of the molecule is CCC1CN(C)CCCN1S(=O)(=O)c1ccc(N)c(C)c1. The summed E-state index contributed by atoms with van der Waals surface area (Å²) < 4.78 is 27.6. The van der Waals surface area contributed by atoms with E-state index in [4.69, 9.17) is 5.73 Å². The lowest BCUT2D eigenvalue weighted by molar-refractivity contribution is 0.270. The quantitative estimate of drug-likeness (QED) is 0.863. The van der Waals surface area contributed by atoms with E-state index in [-0.39, 0.29) is 6.04 Å². The molecule has 1 aromatic rings. The van der Waals surface area contributed by atoms with Crippen molar-refractivity contribution in [1.29, 1.82) is 0 Å². The summed E-state index contributed by atoms with van der Waals surface area (Å²) in [5, 5.41) is 0. The first-order valence-corrected chi connectivity index (χ1v) is 8.86. The number of nitrogens with zero attached hydrogens (tertiary/aromatic N) is 2. The highest BCUT2D eigenvalue weighted by atomic mass is 32.2. The average Bonchev–Trinajstić information content (AvgIpc) is 2.63. The molecule has 1 saturated heterocycles. The number of rotatable bonds is 3. The van der Waals surface area contributed by atoms with Crippen molar-refractivity contribution < 1.29 is 8.42 Å². The third-order valence-corrected chi connectivity index (χ3v) is 6.11. The molecule has 2 N–H and O–H groups in total. The van der Waals surface area contributed by atoms with Gasteiger partial charge in [-0.05, 0) is 57.1 Å². The van der Waals surface area contributed by atoms with Crippen LogP contribution in [0.1, 0.15) is 25.3 Å². The van der Waals surface area contributed by atoms with E-state index in [0.29, 0.717) is 17.1 Å². The van der Waals surface area contributed by atoms with Gasteiger partial charge in [0, 0.05) is 24.8 Å². The number of nitrogen functional groups attached to an aromatic ring is 1. The maximum Gasteiger partial charge on any atom is 0.243 e. The first-order valence-electron chi connectivity index (χ1n) is 7.42. The Bertz CT molecular complexity index is 601. The van der Waals surface area contributed by atoms with Crippen molar-refractivity contribution in [2.75, 3.05) is 32.4 Å². The van der Waals surface area contributed by atoms with E-state index >= 15 is 0 Å². The standard InChI is InChI=1S/C15H25N3O2S/c1-4-13-11-17(3)8-5-9-18(13)21(19,20)14-6-7-15(16)12(2)10-14/h6-7,10,13H,4-5,8-9,11,16H2,1-3H3. The van der Waals surface area contributed by atoms with Crippen LogP contribution in [-0.4, -0.2) is 50.3 Å². The van der Waals surface area contributed by atoms with Gasteiger partial charge in [0.05, 0.1) is 4.90 Å². The van der Waals surface area contributed by atoms with Crippen LogP contribution in [-0.2, 0) is 10.0 Å². The topological polar surface area (TPSA) is 66.6 Å². The van der Waals surface area contributed by atoms with Gasteiger partial charge in [-0.1, -0.05) is 6.92 Å². The summed E-state index contributed by atoms with van der Waals surface area (Å²) in [6, 6.07) is 4.98. The Balaban J connectivity index is 2.38. The van der Waals surface area contributed by atoms with Gasteiger partial charge in [-0.15, -0.1) is 0 Å². The lowest BCUT2D eigenvalue weighted by atomic mass is 10.2. The second kappa shape index (κ2) is 6.34. The van der Waals surface area contributed by atoms with E-state index in [9.17, 15) is 8.42 Å². The molecule has 1 atom stereocenters. The van der Waals surface area contributed by atoms with Gasteiger partial charge < -0.3 is 10.6 Å². The van der Waals surface area contributed by atoms with Crippen LogP contribution in [0, 0.1) is 6.92 Å². The monoisotopic (exact) mass is 311 g/mol. The molecule has 0 aromatic heterocycles. The van der Waals surface area contributed by atoms with Crippen LogP contribution in [0.3, 0.4) is 0 Å². The number of aryl methyl sites for hydroxylation is 1. The highest BCUT2D eigenvalue weighted by Gasteiger charge is 2.32. The van der Waals surface area contributed by atoms with E-state index in [0.717, 1.165) is 31.5 Å². The fraction of sp³-hybridized carbons (Fsp3) is 0.600. The molecular weight excluding hydrogens is 286 g/mol. The van der Waals surface area contributed by atoms with Crippen molar-refractivity contribution in [2.45, 2.75) is 37.6 Å². The summed E-state index contributed by atoms with van der Waals surface area (Å²) in [5.74, 6) is 0. The van der Waals surface area contributed by atoms with Gasteiger partial charge in [0.25, 0.3) is 0 Å². The minimum absolute atomic E-state index is 0.0281. The molecule has 0 aliphatic carbocycles. The maximum atomic E-state index is 12.9. The maximum absolute atomic E-state index is 12.9. The van der Waals surface area contributed by atoms with Crippen molar-refractivity contribution >= 4 is 15.7 Å². The van der Waals surface area contributed by atoms with Crippen LogP contribution in [0.4, 0.5) is 5.69 Å². The van der Waals surface area contributed by atoms with Crippen LogP contribution in [0.2, 0.25) is 0 Å². The smallest absolute Gasteiger partial charge is 0.243 e. The van der Waals surface area contributed by atoms with E-state index in [2.05, 4.69) is 4.90 Å². The Kier molecular flexibility index (Phi) is 4.91. The largest absolute Gasteiger partial charge is 0.399 e. The van der Waals surface area contributed by atoms with Crippen molar-refractivity contribution in [2.24, 2.45) is 0 Å². The number of sulfonamides is 1. The zero-order chi connectivity index (χ0) is 15.6. The van der Waals surface area contributed by atoms with Gasteiger partial charge in [0.15, 0.2) is 0 Å². The number of hydrogen-bond acceptors (Lipinski definition) is 4. The number of benzene rings is 1.